The second kappa shape index (κ2) is 4.24. The summed E-state index contributed by atoms with van der Waals surface area (Å²) in [5, 5.41) is 0. The van der Waals surface area contributed by atoms with E-state index in [1.807, 2.05) is 5.43 Å². The smallest absolute Gasteiger partial charge is 0.235 e. The van der Waals surface area contributed by atoms with Gasteiger partial charge in [-0.25, -0.2) is 14.3 Å². The van der Waals surface area contributed by atoms with Crippen molar-refractivity contribution in [2.75, 3.05) is 12.8 Å². The van der Waals surface area contributed by atoms with Crippen LogP contribution in [0, 0.1) is 0 Å². The molecule has 1 atom stereocenters. The average Bonchev–Trinajstić information content (AvgIpc) is 2.51. The van der Waals surface area contributed by atoms with Gasteiger partial charge in [-0.1, -0.05) is 0 Å². The Morgan fingerprint density at radius 1 is 1.64 bits per heavy atom. The number of hydrogen-bond acceptors (Lipinski definition) is 4. The quantitative estimate of drug-likeness (QED) is 0.355. The van der Waals surface area contributed by atoms with E-state index in [0.29, 0.717) is 6.54 Å². The van der Waals surface area contributed by atoms with Gasteiger partial charge in [-0.3, -0.25) is 10.2 Å². The van der Waals surface area contributed by atoms with E-state index in [4.69, 9.17) is 5.84 Å². The molecule has 0 aromatic rings. The van der Waals surface area contributed by atoms with E-state index >= 15 is 0 Å². The molecule has 1 saturated heterocycles. The van der Waals surface area contributed by atoms with Gasteiger partial charge < -0.3 is 0 Å². The third kappa shape index (κ3) is 2.66. The Bertz CT molecular complexity index is 314. The predicted octanol–water partition coefficient (Wildman–Crippen LogP) is -1.21. The molecule has 1 fully saturated rings. The van der Waals surface area contributed by atoms with Crippen molar-refractivity contribution in [3.8, 4) is 0 Å². The van der Waals surface area contributed by atoms with Crippen LogP contribution in [-0.4, -0.2) is 37.5 Å². The lowest BCUT2D eigenvalue weighted by atomic mass is 10.1. The van der Waals surface area contributed by atoms with E-state index in [-0.39, 0.29) is 18.4 Å². The van der Waals surface area contributed by atoms with Gasteiger partial charge in [0.25, 0.3) is 0 Å². The fourth-order valence-electron chi connectivity index (χ4n) is 1.72. The molecule has 1 aliphatic rings. The fourth-order valence-corrected chi connectivity index (χ4v) is 2.90. The summed E-state index contributed by atoms with van der Waals surface area (Å²) in [6.45, 7) is 0.501. The molecule has 14 heavy (non-hydrogen) atoms. The molecular weight excluding hydrogens is 206 g/mol. The number of amides is 1. The van der Waals surface area contributed by atoms with E-state index in [0.717, 1.165) is 19.1 Å². The first-order valence-electron chi connectivity index (χ1n) is 4.41. The van der Waals surface area contributed by atoms with Crippen LogP contribution in [0.25, 0.3) is 0 Å². The van der Waals surface area contributed by atoms with Crippen LogP contribution in [0.5, 0.6) is 0 Å². The Balaban J connectivity index is 2.65. The Morgan fingerprint density at radius 2 is 2.29 bits per heavy atom. The van der Waals surface area contributed by atoms with Crippen molar-refractivity contribution < 1.29 is 13.2 Å². The number of carbonyl (C=O) groups excluding carboxylic acids is 1. The van der Waals surface area contributed by atoms with Crippen LogP contribution in [-0.2, 0) is 14.8 Å². The molecule has 0 saturated carbocycles. The van der Waals surface area contributed by atoms with Crippen LogP contribution in [0.4, 0.5) is 0 Å². The van der Waals surface area contributed by atoms with Crippen LogP contribution >= 0.6 is 0 Å². The van der Waals surface area contributed by atoms with Gasteiger partial charge >= 0.3 is 0 Å². The minimum absolute atomic E-state index is 0.142. The molecule has 3 N–H and O–H groups in total. The van der Waals surface area contributed by atoms with Gasteiger partial charge in [0.05, 0.1) is 6.26 Å². The first kappa shape index (κ1) is 11.4. The van der Waals surface area contributed by atoms with Gasteiger partial charge in [0.15, 0.2) is 0 Å². The Kier molecular flexibility index (Phi) is 3.46. The highest BCUT2D eigenvalue weighted by Crippen LogP contribution is 2.22. The minimum atomic E-state index is -3.19. The molecular formula is C7H15N3O3S. The first-order valence-corrected chi connectivity index (χ1v) is 6.26. The van der Waals surface area contributed by atoms with E-state index in [9.17, 15) is 13.2 Å². The summed E-state index contributed by atoms with van der Waals surface area (Å²) < 4.78 is 23.9. The van der Waals surface area contributed by atoms with Crippen LogP contribution in [0.3, 0.4) is 0 Å². The number of nitrogens with zero attached hydrogens (tertiary/aromatic N) is 1. The molecule has 0 radical (unpaired) electrons. The minimum Gasteiger partial charge on any atom is -0.294 e. The molecule has 1 rings (SSSR count). The number of nitrogens with two attached hydrogens (primary N) is 1. The lowest BCUT2D eigenvalue weighted by Gasteiger charge is -2.20. The summed E-state index contributed by atoms with van der Waals surface area (Å²) >= 11 is 0. The van der Waals surface area contributed by atoms with E-state index in [1.54, 1.807) is 0 Å². The molecule has 7 heteroatoms. The fraction of sp³-hybridized carbons (Fsp3) is 0.857. The van der Waals surface area contributed by atoms with Crippen LogP contribution in [0.2, 0.25) is 0 Å². The Labute approximate surface area is 83.5 Å². The SMILES string of the molecule is CS(=O)(=O)N1CCCC1CC(=O)NN. The molecule has 0 spiro atoms. The molecule has 1 aliphatic heterocycles. The van der Waals surface area contributed by atoms with Gasteiger partial charge in [0.1, 0.15) is 0 Å². The lowest BCUT2D eigenvalue weighted by molar-refractivity contribution is -0.121. The van der Waals surface area contributed by atoms with E-state index in [1.165, 1.54) is 4.31 Å². The van der Waals surface area contributed by atoms with Crippen LogP contribution in [0.15, 0.2) is 0 Å². The summed E-state index contributed by atoms with van der Waals surface area (Å²) in [7, 11) is -3.19. The van der Waals surface area contributed by atoms with Crippen molar-refractivity contribution in [3.63, 3.8) is 0 Å². The van der Waals surface area contributed by atoms with Gasteiger partial charge in [-0.15, -0.1) is 0 Å². The summed E-state index contributed by atoms with van der Waals surface area (Å²) in [6, 6.07) is -0.228. The van der Waals surface area contributed by atoms with Crippen LogP contribution in [0.1, 0.15) is 19.3 Å². The zero-order chi connectivity index (χ0) is 10.8. The van der Waals surface area contributed by atoms with Crippen molar-refractivity contribution in [2.24, 2.45) is 5.84 Å². The highest BCUT2D eigenvalue weighted by Gasteiger charge is 2.32. The molecule has 1 heterocycles. The van der Waals surface area contributed by atoms with Crippen LogP contribution < -0.4 is 11.3 Å². The highest BCUT2D eigenvalue weighted by molar-refractivity contribution is 7.88. The molecule has 1 unspecified atom stereocenters. The molecule has 6 nitrogen and oxygen atoms in total. The van der Waals surface area contributed by atoms with E-state index in [2.05, 4.69) is 0 Å². The molecule has 0 aromatic heterocycles. The molecule has 0 bridgehead atoms. The maximum absolute atomic E-state index is 11.3. The van der Waals surface area contributed by atoms with Crippen molar-refractivity contribution in [1.82, 2.24) is 9.73 Å². The van der Waals surface area contributed by atoms with Gasteiger partial charge in [-0.05, 0) is 12.8 Å². The molecule has 1 amide bonds. The van der Waals surface area contributed by atoms with Gasteiger partial charge in [0.2, 0.25) is 15.9 Å². The summed E-state index contributed by atoms with van der Waals surface area (Å²) in [6.07, 6.45) is 2.82. The number of sulfonamides is 1. The zero-order valence-corrected chi connectivity index (χ0v) is 8.88. The molecule has 0 aromatic carbocycles. The maximum Gasteiger partial charge on any atom is 0.235 e. The topological polar surface area (TPSA) is 92.5 Å². The standard InChI is InChI=1S/C7H15N3O3S/c1-14(12,13)10-4-2-3-6(10)5-7(11)9-8/h6H,2-5,8H2,1H3,(H,9,11). The number of hydrogen-bond donors (Lipinski definition) is 2. The average molecular weight is 221 g/mol. The van der Waals surface area contributed by atoms with Crippen molar-refractivity contribution in [1.29, 1.82) is 0 Å². The first-order chi connectivity index (χ1) is 6.45. The van der Waals surface area contributed by atoms with Crippen molar-refractivity contribution >= 4 is 15.9 Å². The van der Waals surface area contributed by atoms with Crippen molar-refractivity contribution in [2.45, 2.75) is 25.3 Å². The number of carbonyl (C=O) groups is 1. The van der Waals surface area contributed by atoms with E-state index < -0.39 is 10.0 Å². The molecule has 82 valence electrons. The van der Waals surface area contributed by atoms with Gasteiger partial charge in [-0.2, -0.15) is 4.31 Å². The monoisotopic (exact) mass is 221 g/mol. The van der Waals surface area contributed by atoms with Gasteiger partial charge in [0, 0.05) is 19.0 Å². The zero-order valence-electron chi connectivity index (χ0n) is 8.06. The second-order valence-electron chi connectivity index (χ2n) is 3.44. The number of rotatable bonds is 3. The normalized spacial score (nSPS) is 23.7. The summed E-state index contributed by atoms with van der Waals surface area (Å²) in [4.78, 5) is 11.0. The predicted molar refractivity (Wildman–Crippen MR) is 51.5 cm³/mol. The number of hydrazine groups is 1. The lowest BCUT2D eigenvalue weighted by Crippen LogP contribution is -2.40. The maximum atomic E-state index is 11.3. The number of nitrogens with one attached hydrogen (secondary N) is 1. The largest absolute Gasteiger partial charge is 0.294 e. The third-order valence-electron chi connectivity index (χ3n) is 2.33. The summed E-state index contributed by atoms with van der Waals surface area (Å²) in [5.41, 5.74) is 2.00. The highest BCUT2D eigenvalue weighted by atomic mass is 32.2. The Morgan fingerprint density at radius 3 is 2.79 bits per heavy atom. The molecule has 0 aliphatic carbocycles. The third-order valence-corrected chi connectivity index (χ3v) is 3.66. The van der Waals surface area contributed by atoms with Crippen molar-refractivity contribution in [3.05, 3.63) is 0 Å². The Hall–Kier alpha value is -0.660. The second-order valence-corrected chi connectivity index (χ2v) is 5.38. The summed E-state index contributed by atoms with van der Waals surface area (Å²) in [5.74, 6) is 4.61.